The molecule has 1 heterocycles. The van der Waals surface area contributed by atoms with Crippen molar-refractivity contribution in [3.05, 3.63) is 52.9 Å². The fourth-order valence-electron chi connectivity index (χ4n) is 1.78. The van der Waals surface area contributed by atoms with Crippen molar-refractivity contribution in [3.8, 4) is 0 Å². The van der Waals surface area contributed by atoms with E-state index < -0.39 is 10.0 Å². The highest BCUT2D eigenvalue weighted by Crippen LogP contribution is 2.19. The van der Waals surface area contributed by atoms with E-state index in [0.717, 1.165) is 21.8 Å². The molecule has 1 amide bonds. The Hall–Kier alpha value is -1.70. The molecule has 21 heavy (non-hydrogen) atoms. The molecule has 0 fully saturated rings. The molecule has 1 aromatic heterocycles. The highest BCUT2D eigenvalue weighted by Gasteiger charge is 2.11. The summed E-state index contributed by atoms with van der Waals surface area (Å²) in [5, 5.41) is 7.80. The number of thiophene rings is 1. The summed E-state index contributed by atoms with van der Waals surface area (Å²) in [4.78, 5) is 12.5. The number of nitrogens with two attached hydrogens (primary N) is 1. The summed E-state index contributed by atoms with van der Waals surface area (Å²) in [6.45, 7) is 0.313. The molecule has 5 nitrogen and oxygen atoms in total. The first kappa shape index (κ1) is 15.7. The summed E-state index contributed by atoms with van der Waals surface area (Å²) in [5.74, 6) is -0.0654. The predicted molar refractivity (Wildman–Crippen MR) is 82.3 cm³/mol. The average molecular weight is 324 g/mol. The topological polar surface area (TPSA) is 89.3 Å². The maximum absolute atomic E-state index is 11.7. The second-order valence-corrected chi connectivity index (χ2v) is 7.48. The minimum atomic E-state index is -3.66. The Labute approximate surface area is 127 Å². The SMILES string of the molecule is NS(=O)(=O)c1ccc(CNC(=O)CCc2ccccc2)s1. The molecule has 112 valence electrons. The van der Waals surface area contributed by atoms with Crippen molar-refractivity contribution in [1.82, 2.24) is 5.32 Å². The van der Waals surface area contributed by atoms with Crippen LogP contribution in [0, 0.1) is 0 Å². The van der Waals surface area contributed by atoms with Crippen molar-refractivity contribution in [2.45, 2.75) is 23.6 Å². The zero-order valence-electron chi connectivity index (χ0n) is 11.3. The van der Waals surface area contributed by atoms with Crippen molar-refractivity contribution in [1.29, 1.82) is 0 Å². The molecule has 1 aromatic carbocycles. The number of carbonyl (C=O) groups excluding carboxylic acids is 1. The lowest BCUT2D eigenvalue weighted by molar-refractivity contribution is -0.121. The quantitative estimate of drug-likeness (QED) is 0.846. The molecular formula is C14H16N2O3S2. The first-order valence-corrected chi connectivity index (χ1v) is 8.73. The second-order valence-electron chi connectivity index (χ2n) is 4.53. The molecule has 0 unspecified atom stereocenters. The van der Waals surface area contributed by atoms with Crippen molar-refractivity contribution >= 4 is 27.3 Å². The summed E-state index contributed by atoms with van der Waals surface area (Å²) in [6.07, 6.45) is 1.08. The number of hydrogen-bond donors (Lipinski definition) is 2. The van der Waals surface area contributed by atoms with Gasteiger partial charge in [-0.25, -0.2) is 13.6 Å². The van der Waals surface area contributed by atoms with Crippen LogP contribution in [0.1, 0.15) is 16.9 Å². The molecule has 0 saturated heterocycles. The van der Waals surface area contributed by atoms with Gasteiger partial charge in [0.15, 0.2) is 0 Å². The van der Waals surface area contributed by atoms with Crippen molar-refractivity contribution in [2.24, 2.45) is 5.14 Å². The molecule has 0 aliphatic rings. The number of hydrogen-bond acceptors (Lipinski definition) is 4. The Morgan fingerprint density at radius 2 is 1.86 bits per heavy atom. The van der Waals surface area contributed by atoms with Gasteiger partial charge in [-0.15, -0.1) is 11.3 Å². The van der Waals surface area contributed by atoms with E-state index in [4.69, 9.17) is 5.14 Å². The van der Waals surface area contributed by atoms with Crippen LogP contribution < -0.4 is 10.5 Å². The van der Waals surface area contributed by atoms with Gasteiger partial charge in [0.2, 0.25) is 15.9 Å². The van der Waals surface area contributed by atoms with Gasteiger partial charge >= 0.3 is 0 Å². The molecule has 0 atom stereocenters. The van der Waals surface area contributed by atoms with Gasteiger partial charge in [0.05, 0.1) is 6.54 Å². The number of rotatable bonds is 6. The summed E-state index contributed by atoms with van der Waals surface area (Å²) in [5.41, 5.74) is 1.11. The van der Waals surface area contributed by atoms with E-state index in [1.807, 2.05) is 30.3 Å². The van der Waals surface area contributed by atoms with Gasteiger partial charge in [-0.05, 0) is 24.1 Å². The molecule has 0 radical (unpaired) electrons. The third-order valence-electron chi connectivity index (χ3n) is 2.86. The van der Waals surface area contributed by atoms with Gasteiger partial charge in [-0.3, -0.25) is 4.79 Å². The molecule has 0 aliphatic carbocycles. The molecule has 0 spiro atoms. The molecule has 2 rings (SSSR count). The Morgan fingerprint density at radius 3 is 2.48 bits per heavy atom. The van der Waals surface area contributed by atoms with Gasteiger partial charge in [-0.2, -0.15) is 0 Å². The van der Waals surface area contributed by atoms with Crippen molar-refractivity contribution in [3.63, 3.8) is 0 Å². The Balaban J connectivity index is 1.80. The summed E-state index contributed by atoms with van der Waals surface area (Å²) < 4.78 is 22.4. The zero-order chi connectivity index (χ0) is 15.3. The lowest BCUT2D eigenvalue weighted by Crippen LogP contribution is -2.22. The number of sulfonamides is 1. The van der Waals surface area contributed by atoms with E-state index >= 15 is 0 Å². The third kappa shape index (κ3) is 4.96. The van der Waals surface area contributed by atoms with Crippen LogP contribution in [0.5, 0.6) is 0 Å². The Bertz CT molecular complexity index is 709. The van der Waals surface area contributed by atoms with Crippen LogP contribution in [0.2, 0.25) is 0 Å². The maximum atomic E-state index is 11.7. The maximum Gasteiger partial charge on any atom is 0.247 e. The molecule has 0 saturated carbocycles. The van der Waals surface area contributed by atoms with E-state index in [-0.39, 0.29) is 10.1 Å². The van der Waals surface area contributed by atoms with Gasteiger partial charge in [0.25, 0.3) is 0 Å². The second kappa shape index (κ2) is 6.84. The van der Waals surface area contributed by atoms with Gasteiger partial charge in [0.1, 0.15) is 4.21 Å². The van der Waals surface area contributed by atoms with Crippen molar-refractivity contribution in [2.75, 3.05) is 0 Å². The number of nitrogens with one attached hydrogen (secondary N) is 1. The molecule has 3 N–H and O–H groups in total. The van der Waals surface area contributed by atoms with Crippen LogP contribution in [-0.2, 0) is 27.8 Å². The number of carbonyl (C=O) groups is 1. The lowest BCUT2D eigenvalue weighted by atomic mass is 10.1. The van der Waals surface area contributed by atoms with Crippen LogP contribution in [0.25, 0.3) is 0 Å². The van der Waals surface area contributed by atoms with Gasteiger partial charge < -0.3 is 5.32 Å². The summed E-state index contributed by atoms with van der Waals surface area (Å²) in [7, 11) is -3.66. The minimum Gasteiger partial charge on any atom is -0.351 e. The highest BCUT2D eigenvalue weighted by atomic mass is 32.2. The molecule has 2 aromatic rings. The number of amides is 1. The number of primary sulfonamides is 1. The smallest absolute Gasteiger partial charge is 0.247 e. The first-order chi connectivity index (χ1) is 9.95. The number of benzene rings is 1. The van der Waals surface area contributed by atoms with E-state index in [9.17, 15) is 13.2 Å². The Morgan fingerprint density at radius 1 is 1.14 bits per heavy atom. The van der Waals surface area contributed by atoms with Gasteiger partial charge in [-0.1, -0.05) is 30.3 Å². The highest BCUT2D eigenvalue weighted by molar-refractivity contribution is 7.91. The normalized spacial score (nSPS) is 11.3. The third-order valence-corrected chi connectivity index (χ3v) is 5.38. The standard InChI is InChI=1S/C14H16N2O3S2/c15-21(18,19)14-9-7-12(20-14)10-16-13(17)8-6-11-4-2-1-3-5-11/h1-5,7,9H,6,8,10H2,(H,16,17)(H2,15,18,19). The van der Waals surface area contributed by atoms with Crippen LogP contribution in [0.3, 0.4) is 0 Å². The summed E-state index contributed by atoms with van der Waals surface area (Å²) >= 11 is 1.07. The lowest BCUT2D eigenvalue weighted by Gasteiger charge is -2.03. The molecular weight excluding hydrogens is 308 g/mol. The minimum absolute atomic E-state index is 0.0654. The zero-order valence-corrected chi connectivity index (χ0v) is 12.9. The average Bonchev–Trinajstić information content (AvgIpc) is 2.93. The molecule has 7 heteroatoms. The van der Waals surface area contributed by atoms with E-state index in [0.29, 0.717) is 19.4 Å². The summed E-state index contributed by atoms with van der Waals surface area (Å²) in [6, 6.07) is 12.9. The molecule has 0 aliphatic heterocycles. The fraction of sp³-hybridized carbons (Fsp3) is 0.214. The molecule has 0 bridgehead atoms. The van der Waals surface area contributed by atoms with E-state index in [1.165, 1.54) is 6.07 Å². The largest absolute Gasteiger partial charge is 0.351 e. The van der Waals surface area contributed by atoms with Crippen LogP contribution in [0.15, 0.2) is 46.7 Å². The van der Waals surface area contributed by atoms with E-state index in [2.05, 4.69) is 5.32 Å². The van der Waals surface area contributed by atoms with Gasteiger partial charge in [0, 0.05) is 11.3 Å². The van der Waals surface area contributed by atoms with Crippen molar-refractivity contribution < 1.29 is 13.2 Å². The predicted octanol–water partition coefficient (Wildman–Crippen LogP) is 1.64. The Kier molecular flexibility index (Phi) is 5.11. The van der Waals surface area contributed by atoms with Crippen LogP contribution >= 0.6 is 11.3 Å². The fourth-order valence-corrected chi connectivity index (χ4v) is 3.50. The first-order valence-electron chi connectivity index (χ1n) is 6.37. The monoisotopic (exact) mass is 324 g/mol. The van der Waals surface area contributed by atoms with Crippen LogP contribution in [0.4, 0.5) is 0 Å². The van der Waals surface area contributed by atoms with E-state index in [1.54, 1.807) is 6.07 Å². The van der Waals surface area contributed by atoms with Crippen LogP contribution in [-0.4, -0.2) is 14.3 Å². The number of aryl methyl sites for hydroxylation is 1.